The fourth-order valence-electron chi connectivity index (χ4n) is 2.56. The number of amides is 1. The highest BCUT2D eigenvalue weighted by molar-refractivity contribution is 14.1. The van der Waals surface area contributed by atoms with Crippen LogP contribution in [0, 0.1) is 3.57 Å². The normalized spacial score (nSPS) is 12.1. The lowest BCUT2D eigenvalue weighted by Gasteiger charge is -2.12. The van der Waals surface area contributed by atoms with Crippen LogP contribution in [-0.2, 0) is 22.3 Å². The van der Waals surface area contributed by atoms with Gasteiger partial charge in [0.1, 0.15) is 0 Å². The number of carbonyl (C=O) groups is 1. The van der Waals surface area contributed by atoms with Crippen molar-refractivity contribution in [2.45, 2.75) is 11.3 Å². The number of halogens is 1. The van der Waals surface area contributed by atoms with Gasteiger partial charge in [-0.05, 0) is 80.3 Å². The minimum atomic E-state index is -2.31. The Balaban J connectivity index is 1.87. The summed E-state index contributed by atoms with van der Waals surface area (Å²) in [5.74, 6) is -0.141. The summed E-state index contributed by atoms with van der Waals surface area (Å²) in [4.78, 5) is 12.5. The Labute approximate surface area is 155 Å². The van der Waals surface area contributed by atoms with Crippen LogP contribution in [0.15, 0.2) is 65.6 Å². The van der Waals surface area contributed by atoms with Gasteiger partial charge in [-0.15, -0.1) is 0 Å². The molecule has 1 unspecified atom stereocenters. The van der Waals surface area contributed by atoms with Gasteiger partial charge in [-0.25, -0.2) is 0 Å². The smallest absolute Gasteiger partial charge is 0.228 e. The zero-order chi connectivity index (χ0) is 17.1. The van der Waals surface area contributed by atoms with E-state index in [2.05, 4.69) is 27.9 Å². The van der Waals surface area contributed by atoms with Crippen LogP contribution in [0.4, 0.5) is 5.69 Å². The van der Waals surface area contributed by atoms with Gasteiger partial charge in [-0.2, -0.15) is 0 Å². The third kappa shape index (κ3) is 3.82. The molecule has 3 aromatic rings. The summed E-state index contributed by atoms with van der Waals surface area (Å²) in [5.41, 5.74) is 1.53. The third-order valence-corrected chi connectivity index (χ3v) is 5.07. The molecule has 0 spiro atoms. The van der Waals surface area contributed by atoms with Crippen molar-refractivity contribution in [2.75, 3.05) is 5.32 Å². The summed E-state index contributed by atoms with van der Waals surface area (Å²) < 4.78 is 23.8. The number of hydrogen-bond donors (Lipinski definition) is 1. The van der Waals surface area contributed by atoms with Gasteiger partial charge in [0.2, 0.25) is 5.91 Å². The lowest BCUT2D eigenvalue weighted by Crippen LogP contribution is -2.14. The molecule has 0 aromatic heterocycles. The third-order valence-electron chi connectivity index (χ3n) is 3.63. The largest absolute Gasteiger partial charge is 0.768 e. The molecular formula is C18H13INO3S-. The highest BCUT2D eigenvalue weighted by Gasteiger charge is 2.09. The van der Waals surface area contributed by atoms with Crippen molar-refractivity contribution in [3.63, 3.8) is 0 Å². The molecule has 0 radical (unpaired) electrons. The molecule has 1 N–H and O–H groups in total. The molecule has 0 aliphatic rings. The van der Waals surface area contributed by atoms with Crippen LogP contribution in [0.5, 0.6) is 0 Å². The molecule has 4 nitrogen and oxygen atoms in total. The van der Waals surface area contributed by atoms with Crippen LogP contribution in [0.25, 0.3) is 10.8 Å². The van der Waals surface area contributed by atoms with Crippen LogP contribution >= 0.6 is 22.6 Å². The van der Waals surface area contributed by atoms with Crippen molar-refractivity contribution in [3.8, 4) is 0 Å². The van der Waals surface area contributed by atoms with Crippen LogP contribution in [0.2, 0.25) is 0 Å². The SMILES string of the molecule is O=C(Cc1cccc2c(S(=O)[O-])cccc12)Nc1ccc(I)cc1. The molecule has 24 heavy (non-hydrogen) atoms. The first kappa shape index (κ1) is 17.1. The highest BCUT2D eigenvalue weighted by atomic mass is 127. The molecule has 0 bridgehead atoms. The summed E-state index contributed by atoms with van der Waals surface area (Å²) in [7, 11) is 0. The second kappa shape index (κ2) is 7.42. The monoisotopic (exact) mass is 450 g/mol. The Hall–Kier alpha value is -1.77. The second-order valence-electron chi connectivity index (χ2n) is 5.23. The van der Waals surface area contributed by atoms with E-state index < -0.39 is 11.1 Å². The second-order valence-corrected chi connectivity index (χ2v) is 7.39. The summed E-state index contributed by atoms with van der Waals surface area (Å²) in [5, 5.41) is 4.26. The lowest BCUT2D eigenvalue weighted by molar-refractivity contribution is -0.115. The van der Waals surface area contributed by atoms with Crippen molar-refractivity contribution in [3.05, 3.63) is 69.8 Å². The first-order valence-corrected chi connectivity index (χ1v) is 9.35. The Morgan fingerprint density at radius 1 is 1.00 bits per heavy atom. The average Bonchev–Trinajstić information content (AvgIpc) is 2.56. The van der Waals surface area contributed by atoms with E-state index in [1.165, 1.54) is 0 Å². The Kier molecular flexibility index (Phi) is 5.27. The van der Waals surface area contributed by atoms with Gasteiger partial charge in [-0.1, -0.05) is 30.3 Å². The molecule has 0 aliphatic heterocycles. The van der Waals surface area contributed by atoms with Crippen molar-refractivity contribution < 1.29 is 13.6 Å². The van der Waals surface area contributed by atoms with Gasteiger partial charge in [0.15, 0.2) is 0 Å². The number of rotatable bonds is 4. The molecule has 0 saturated heterocycles. The van der Waals surface area contributed by atoms with E-state index in [4.69, 9.17) is 0 Å². The van der Waals surface area contributed by atoms with Gasteiger partial charge in [0.25, 0.3) is 0 Å². The van der Waals surface area contributed by atoms with Crippen LogP contribution in [0.1, 0.15) is 5.56 Å². The highest BCUT2D eigenvalue weighted by Crippen LogP contribution is 2.25. The zero-order valence-electron chi connectivity index (χ0n) is 12.5. The van der Waals surface area contributed by atoms with Crippen LogP contribution in [-0.4, -0.2) is 14.7 Å². The maximum Gasteiger partial charge on any atom is 0.228 e. The number of benzene rings is 3. The molecular weight excluding hydrogens is 437 g/mol. The maximum atomic E-state index is 12.3. The van der Waals surface area contributed by atoms with Gasteiger partial charge in [-0.3, -0.25) is 9.00 Å². The molecule has 122 valence electrons. The molecule has 0 fully saturated rings. The van der Waals surface area contributed by atoms with E-state index in [9.17, 15) is 13.6 Å². The van der Waals surface area contributed by atoms with Crippen LogP contribution < -0.4 is 5.32 Å². The predicted octanol–water partition coefficient (Wildman–Crippen LogP) is 3.86. The fourth-order valence-corrected chi connectivity index (χ4v) is 3.46. The van der Waals surface area contributed by atoms with Crippen LogP contribution in [0.3, 0.4) is 0 Å². The molecule has 3 rings (SSSR count). The summed E-state index contributed by atoms with van der Waals surface area (Å²) in [6.07, 6.45) is 0.179. The molecule has 6 heteroatoms. The Morgan fingerprint density at radius 3 is 2.38 bits per heavy atom. The number of hydrogen-bond acceptors (Lipinski definition) is 3. The maximum absolute atomic E-state index is 12.3. The van der Waals surface area contributed by atoms with E-state index in [0.29, 0.717) is 5.39 Å². The molecule has 0 heterocycles. The van der Waals surface area contributed by atoms with Crippen molar-refractivity contribution in [1.29, 1.82) is 0 Å². The summed E-state index contributed by atoms with van der Waals surface area (Å²) in [6, 6.07) is 18.0. The number of anilines is 1. The van der Waals surface area contributed by atoms with Crippen molar-refractivity contribution >= 4 is 56.0 Å². The Morgan fingerprint density at radius 2 is 1.67 bits per heavy atom. The summed E-state index contributed by atoms with van der Waals surface area (Å²) in [6.45, 7) is 0. The summed E-state index contributed by atoms with van der Waals surface area (Å²) >= 11 is -0.106. The van der Waals surface area contributed by atoms with E-state index in [-0.39, 0.29) is 17.2 Å². The van der Waals surface area contributed by atoms with E-state index in [0.717, 1.165) is 20.2 Å². The molecule has 0 aliphatic carbocycles. The van der Waals surface area contributed by atoms with Crippen molar-refractivity contribution in [1.82, 2.24) is 0 Å². The molecule has 0 saturated carbocycles. The predicted molar refractivity (Wildman–Crippen MR) is 103 cm³/mol. The van der Waals surface area contributed by atoms with E-state index in [1.807, 2.05) is 36.4 Å². The molecule has 3 aromatic carbocycles. The standard InChI is InChI=1S/C18H14INO3S/c19-13-7-9-14(10-8-13)20-18(21)11-12-3-1-5-16-15(12)4-2-6-17(16)24(22)23/h1-10H,11H2,(H,20,21)(H,22,23)/p-1. The minimum absolute atomic E-state index is 0.141. The van der Waals surface area contributed by atoms with E-state index >= 15 is 0 Å². The van der Waals surface area contributed by atoms with Gasteiger partial charge >= 0.3 is 0 Å². The molecule has 1 atom stereocenters. The van der Waals surface area contributed by atoms with Crippen molar-refractivity contribution in [2.24, 2.45) is 0 Å². The first-order valence-electron chi connectivity index (χ1n) is 7.20. The molecule has 1 amide bonds. The minimum Gasteiger partial charge on any atom is -0.768 e. The van der Waals surface area contributed by atoms with Gasteiger partial charge in [0.05, 0.1) is 6.42 Å². The zero-order valence-corrected chi connectivity index (χ0v) is 15.5. The average molecular weight is 450 g/mol. The van der Waals surface area contributed by atoms with Gasteiger partial charge < -0.3 is 9.87 Å². The fraction of sp³-hybridized carbons (Fsp3) is 0.0556. The number of nitrogens with one attached hydrogen (secondary N) is 1. The Bertz CT molecular complexity index is 925. The number of carbonyl (C=O) groups excluding carboxylic acids is 1. The quantitative estimate of drug-likeness (QED) is 0.485. The van der Waals surface area contributed by atoms with Gasteiger partial charge in [0, 0.05) is 14.2 Å². The lowest BCUT2D eigenvalue weighted by atomic mass is 10.0. The van der Waals surface area contributed by atoms with E-state index in [1.54, 1.807) is 24.3 Å². The first-order chi connectivity index (χ1) is 11.5. The topological polar surface area (TPSA) is 69.2 Å². The number of fused-ring (bicyclic) bond motifs is 1.